The van der Waals surface area contributed by atoms with E-state index in [1.54, 1.807) is 17.1 Å². The third kappa shape index (κ3) is 1.72. The Labute approximate surface area is 91.9 Å². The third-order valence-electron chi connectivity index (χ3n) is 2.39. The summed E-state index contributed by atoms with van der Waals surface area (Å²) in [6.45, 7) is 0. The second-order valence-electron chi connectivity index (χ2n) is 3.64. The Morgan fingerprint density at radius 2 is 2.20 bits per heavy atom. The first-order valence-corrected chi connectivity index (χ1v) is 5.25. The molecule has 2 aromatic rings. The molecule has 15 heavy (non-hydrogen) atoms. The molecule has 0 atom stereocenters. The Morgan fingerprint density at radius 3 is 2.93 bits per heavy atom. The molecular weight excluding hydrogens is 212 g/mol. The van der Waals surface area contributed by atoms with Crippen molar-refractivity contribution in [2.24, 2.45) is 0 Å². The smallest absolute Gasteiger partial charge is 0.156 e. The second-order valence-corrected chi connectivity index (χ2v) is 4.03. The first kappa shape index (κ1) is 8.85. The first-order valence-electron chi connectivity index (χ1n) is 4.87. The lowest BCUT2D eigenvalue weighted by atomic mass is 10.4. The van der Waals surface area contributed by atoms with Gasteiger partial charge in [-0.15, -0.1) is 5.10 Å². The molecule has 0 aliphatic heterocycles. The molecule has 0 spiro atoms. The molecule has 1 aliphatic carbocycles. The van der Waals surface area contributed by atoms with Gasteiger partial charge in [-0.3, -0.25) is 0 Å². The van der Waals surface area contributed by atoms with Crippen molar-refractivity contribution in [2.75, 3.05) is 0 Å². The van der Waals surface area contributed by atoms with Crippen LogP contribution in [-0.2, 0) is 0 Å². The van der Waals surface area contributed by atoms with Gasteiger partial charge in [-0.2, -0.15) is 0 Å². The maximum atomic E-state index is 5.80. The number of nitrogens with zero attached hydrogens (tertiary/aromatic N) is 4. The van der Waals surface area contributed by atoms with Gasteiger partial charge in [-0.1, -0.05) is 17.7 Å². The summed E-state index contributed by atoms with van der Waals surface area (Å²) in [7, 11) is 0. The molecule has 2 heterocycles. The van der Waals surface area contributed by atoms with Crippen molar-refractivity contribution in [3.05, 3.63) is 35.5 Å². The summed E-state index contributed by atoms with van der Waals surface area (Å²) in [5, 5.41) is 4.84. The van der Waals surface area contributed by atoms with Crippen molar-refractivity contribution in [2.45, 2.75) is 18.8 Å². The summed E-state index contributed by atoms with van der Waals surface area (Å²) < 4.78 is 1.67. The SMILES string of the molecule is Clc1cccc(-n2cnc(C3CC3)n2)n1. The van der Waals surface area contributed by atoms with Crippen LogP contribution in [-0.4, -0.2) is 19.7 Å². The number of rotatable bonds is 2. The summed E-state index contributed by atoms with van der Waals surface area (Å²) in [5.74, 6) is 2.18. The number of hydrogen-bond acceptors (Lipinski definition) is 3. The lowest BCUT2D eigenvalue weighted by molar-refractivity contribution is 0.812. The van der Waals surface area contributed by atoms with Gasteiger partial charge in [0.05, 0.1) is 0 Å². The van der Waals surface area contributed by atoms with E-state index in [0.717, 1.165) is 5.82 Å². The largest absolute Gasteiger partial charge is 0.219 e. The van der Waals surface area contributed by atoms with Gasteiger partial charge in [0.1, 0.15) is 11.5 Å². The fraction of sp³-hybridized carbons (Fsp3) is 0.300. The lowest BCUT2D eigenvalue weighted by Crippen LogP contribution is -1.98. The average molecular weight is 221 g/mol. The first-order chi connectivity index (χ1) is 7.33. The van der Waals surface area contributed by atoms with Gasteiger partial charge in [0.15, 0.2) is 11.6 Å². The van der Waals surface area contributed by atoms with Gasteiger partial charge in [-0.05, 0) is 25.0 Å². The summed E-state index contributed by atoms with van der Waals surface area (Å²) in [6, 6.07) is 5.45. The van der Waals surface area contributed by atoms with Gasteiger partial charge < -0.3 is 0 Å². The maximum Gasteiger partial charge on any atom is 0.156 e. The molecule has 3 rings (SSSR count). The van der Waals surface area contributed by atoms with Gasteiger partial charge in [0.25, 0.3) is 0 Å². The molecule has 0 unspecified atom stereocenters. The van der Waals surface area contributed by atoms with Crippen LogP contribution < -0.4 is 0 Å². The zero-order valence-corrected chi connectivity index (χ0v) is 8.72. The van der Waals surface area contributed by atoms with Crippen molar-refractivity contribution in [3.8, 4) is 5.82 Å². The van der Waals surface area contributed by atoms with Gasteiger partial charge in [0, 0.05) is 5.92 Å². The van der Waals surface area contributed by atoms with Crippen LogP contribution in [0.4, 0.5) is 0 Å². The van der Waals surface area contributed by atoms with E-state index >= 15 is 0 Å². The predicted molar refractivity (Wildman–Crippen MR) is 56.1 cm³/mol. The molecule has 5 heteroatoms. The molecule has 76 valence electrons. The molecule has 1 aliphatic rings. The zero-order valence-electron chi connectivity index (χ0n) is 7.97. The van der Waals surface area contributed by atoms with Crippen molar-refractivity contribution in [1.82, 2.24) is 19.7 Å². The van der Waals surface area contributed by atoms with E-state index in [1.165, 1.54) is 12.8 Å². The highest BCUT2D eigenvalue weighted by atomic mass is 35.5. The van der Waals surface area contributed by atoms with Crippen molar-refractivity contribution >= 4 is 11.6 Å². The molecule has 0 radical (unpaired) electrons. The van der Waals surface area contributed by atoms with Crippen LogP contribution in [0.3, 0.4) is 0 Å². The zero-order chi connectivity index (χ0) is 10.3. The van der Waals surface area contributed by atoms with Crippen molar-refractivity contribution < 1.29 is 0 Å². The predicted octanol–water partition coefficient (Wildman–Crippen LogP) is 2.19. The van der Waals surface area contributed by atoms with Crippen LogP contribution in [0.5, 0.6) is 0 Å². The van der Waals surface area contributed by atoms with E-state index in [-0.39, 0.29) is 0 Å². The van der Waals surface area contributed by atoms with E-state index in [4.69, 9.17) is 11.6 Å². The highest BCUT2D eigenvalue weighted by Crippen LogP contribution is 2.37. The minimum Gasteiger partial charge on any atom is -0.219 e. The molecule has 4 nitrogen and oxygen atoms in total. The van der Waals surface area contributed by atoms with Crippen LogP contribution in [0.15, 0.2) is 24.5 Å². The van der Waals surface area contributed by atoms with Crippen LogP contribution >= 0.6 is 11.6 Å². The Kier molecular flexibility index (Phi) is 1.95. The van der Waals surface area contributed by atoms with Crippen LogP contribution in [0.2, 0.25) is 5.15 Å². The quantitative estimate of drug-likeness (QED) is 0.729. The summed E-state index contributed by atoms with van der Waals surface area (Å²) in [5.41, 5.74) is 0. The number of aromatic nitrogens is 4. The lowest BCUT2D eigenvalue weighted by Gasteiger charge is -1.98. The Bertz CT molecular complexity index is 490. The van der Waals surface area contributed by atoms with Gasteiger partial charge in [-0.25, -0.2) is 14.6 Å². The van der Waals surface area contributed by atoms with E-state index in [0.29, 0.717) is 16.9 Å². The van der Waals surface area contributed by atoms with E-state index in [9.17, 15) is 0 Å². The summed E-state index contributed by atoms with van der Waals surface area (Å²) in [6.07, 6.45) is 4.09. The minimum atomic E-state index is 0.468. The average Bonchev–Trinajstić information content (AvgIpc) is 2.97. The molecule has 1 saturated carbocycles. The van der Waals surface area contributed by atoms with Crippen LogP contribution in [0.25, 0.3) is 5.82 Å². The minimum absolute atomic E-state index is 0.468. The number of halogens is 1. The standard InChI is InChI=1S/C10H9ClN4/c11-8-2-1-3-9(13-8)15-6-12-10(14-15)7-4-5-7/h1-3,6-7H,4-5H2. The molecule has 1 fully saturated rings. The van der Waals surface area contributed by atoms with Gasteiger partial charge in [0.2, 0.25) is 0 Å². The van der Waals surface area contributed by atoms with Crippen LogP contribution in [0, 0.1) is 0 Å². The maximum absolute atomic E-state index is 5.80. The highest BCUT2D eigenvalue weighted by Gasteiger charge is 2.27. The highest BCUT2D eigenvalue weighted by molar-refractivity contribution is 6.29. The third-order valence-corrected chi connectivity index (χ3v) is 2.60. The Hall–Kier alpha value is -1.42. The molecule has 0 saturated heterocycles. The molecule has 0 bridgehead atoms. The number of hydrogen-bond donors (Lipinski definition) is 0. The summed E-state index contributed by atoms with van der Waals surface area (Å²) >= 11 is 5.80. The topological polar surface area (TPSA) is 43.6 Å². The van der Waals surface area contributed by atoms with E-state index in [1.807, 2.05) is 12.1 Å². The molecule has 0 aromatic carbocycles. The molecular formula is C10H9ClN4. The summed E-state index contributed by atoms with van der Waals surface area (Å²) in [4.78, 5) is 8.42. The van der Waals surface area contributed by atoms with Crippen molar-refractivity contribution in [1.29, 1.82) is 0 Å². The Morgan fingerprint density at radius 1 is 1.33 bits per heavy atom. The monoisotopic (exact) mass is 220 g/mol. The molecule has 0 amide bonds. The Balaban J connectivity index is 1.97. The van der Waals surface area contributed by atoms with Crippen LogP contribution in [0.1, 0.15) is 24.6 Å². The normalized spacial score (nSPS) is 15.5. The van der Waals surface area contributed by atoms with Gasteiger partial charge >= 0.3 is 0 Å². The molecule has 0 N–H and O–H groups in total. The molecule has 2 aromatic heterocycles. The fourth-order valence-corrected chi connectivity index (χ4v) is 1.60. The van der Waals surface area contributed by atoms with E-state index in [2.05, 4.69) is 15.1 Å². The second kappa shape index (κ2) is 3.31. The fourth-order valence-electron chi connectivity index (χ4n) is 1.44. The van der Waals surface area contributed by atoms with Crippen molar-refractivity contribution in [3.63, 3.8) is 0 Å². The van der Waals surface area contributed by atoms with E-state index < -0.39 is 0 Å². The number of pyridine rings is 1.